The van der Waals surface area contributed by atoms with Crippen molar-refractivity contribution < 1.29 is 12.9 Å². The molecule has 3 rings (SSSR count). The van der Waals surface area contributed by atoms with E-state index in [1.54, 1.807) is 25.1 Å². The Bertz CT molecular complexity index is 829. The molecular formula is C15H19BrN4O3S. The third kappa shape index (κ3) is 3.69. The molecule has 24 heavy (non-hydrogen) atoms. The third-order valence-electron chi connectivity index (χ3n) is 4.03. The highest BCUT2D eigenvalue weighted by Crippen LogP contribution is 2.23. The van der Waals surface area contributed by atoms with Gasteiger partial charge in [0.2, 0.25) is 15.9 Å². The number of aromatic nitrogens is 2. The van der Waals surface area contributed by atoms with Crippen LogP contribution in [0.25, 0.3) is 0 Å². The molecule has 0 bridgehead atoms. The van der Waals surface area contributed by atoms with Gasteiger partial charge in [-0.3, -0.25) is 4.90 Å². The summed E-state index contributed by atoms with van der Waals surface area (Å²) in [4.78, 5) is 6.65. The molecular weight excluding hydrogens is 396 g/mol. The largest absolute Gasteiger partial charge is 0.340 e. The monoisotopic (exact) mass is 414 g/mol. The Morgan fingerprint density at radius 1 is 1.21 bits per heavy atom. The maximum absolute atomic E-state index is 12.8. The molecule has 1 fully saturated rings. The average molecular weight is 415 g/mol. The lowest BCUT2D eigenvalue weighted by atomic mass is 10.2. The van der Waals surface area contributed by atoms with Crippen molar-refractivity contribution in [2.75, 3.05) is 26.2 Å². The first-order valence-corrected chi connectivity index (χ1v) is 9.87. The number of hydrogen-bond acceptors (Lipinski definition) is 6. The average Bonchev–Trinajstić information content (AvgIpc) is 2.95. The van der Waals surface area contributed by atoms with Crippen molar-refractivity contribution in [3.05, 3.63) is 40.0 Å². The van der Waals surface area contributed by atoms with Crippen LogP contribution in [-0.2, 0) is 16.6 Å². The van der Waals surface area contributed by atoms with E-state index in [0.717, 1.165) is 10.0 Å². The van der Waals surface area contributed by atoms with E-state index in [-0.39, 0.29) is 0 Å². The van der Waals surface area contributed by atoms with Gasteiger partial charge in [0.1, 0.15) is 0 Å². The van der Waals surface area contributed by atoms with Gasteiger partial charge in [0.15, 0.2) is 5.82 Å². The first kappa shape index (κ1) is 17.5. The second-order valence-corrected chi connectivity index (χ2v) is 8.61. The number of piperazine rings is 1. The van der Waals surface area contributed by atoms with Crippen molar-refractivity contribution >= 4 is 26.0 Å². The Hall–Kier alpha value is -1.29. The fourth-order valence-corrected chi connectivity index (χ4v) is 4.41. The maximum atomic E-state index is 12.8. The number of benzene rings is 1. The second kappa shape index (κ2) is 6.91. The number of halogens is 1. The molecule has 1 aliphatic heterocycles. The van der Waals surface area contributed by atoms with E-state index in [1.165, 1.54) is 4.31 Å². The molecule has 0 saturated carbocycles. The number of nitrogens with zero attached hydrogens (tertiary/aromatic N) is 4. The van der Waals surface area contributed by atoms with Gasteiger partial charge < -0.3 is 4.52 Å². The smallest absolute Gasteiger partial charge is 0.243 e. The SMILES string of the molecule is Cc1nc(CN2CCN(S(=O)(=O)c3ccc(Br)c(C)c3)CC2)no1. The van der Waals surface area contributed by atoms with Gasteiger partial charge in [-0.15, -0.1) is 0 Å². The molecule has 0 atom stereocenters. The standard InChI is InChI=1S/C15H19BrN4O3S/c1-11-9-13(3-4-14(11)16)24(21,22)20-7-5-19(6-8-20)10-15-17-12(2)23-18-15/h3-4,9H,5-8,10H2,1-2H3. The Morgan fingerprint density at radius 3 is 2.50 bits per heavy atom. The van der Waals surface area contributed by atoms with Crippen molar-refractivity contribution in [2.24, 2.45) is 0 Å². The van der Waals surface area contributed by atoms with Crippen LogP contribution >= 0.6 is 15.9 Å². The minimum Gasteiger partial charge on any atom is -0.340 e. The molecule has 0 radical (unpaired) electrons. The molecule has 9 heteroatoms. The van der Waals surface area contributed by atoms with Gasteiger partial charge in [-0.05, 0) is 30.7 Å². The van der Waals surface area contributed by atoms with Crippen LogP contribution in [0.15, 0.2) is 32.1 Å². The van der Waals surface area contributed by atoms with Crippen LogP contribution in [0.3, 0.4) is 0 Å². The summed E-state index contributed by atoms with van der Waals surface area (Å²) in [7, 11) is -3.46. The molecule has 2 aromatic rings. The Balaban J connectivity index is 1.65. The fraction of sp³-hybridized carbons (Fsp3) is 0.467. The van der Waals surface area contributed by atoms with E-state index in [0.29, 0.717) is 49.3 Å². The van der Waals surface area contributed by atoms with Crippen LogP contribution < -0.4 is 0 Å². The van der Waals surface area contributed by atoms with Crippen molar-refractivity contribution in [1.29, 1.82) is 0 Å². The zero-order valence-corrected chi connectivity index (χ0v) is 16.0. The number of hydrogen-bond donors (Lipinski definition) is 0. The minimum absolute atomic E-state index is 0.338. The van der Waals surface area contributed by atoms with E-state index < -0.39 is 10.0 Å². The first-order chi connectivity index (χ1) is 11.4. The van der Waals surface area contributed by atoms with Crippen LogP contribution in [-0.4, -0.2) is 53.9 Å². The van der Waals surface area contributed by atoms with Crippen molar-refractivity contribution in [3.63, 3.8) is 0 Å². The second-order valence-electron chi connectivity index (χ2n) is 5.82. The highest BCUT2D eigenvalue weighted by atomic mass is 79.9. The van der Waals surface area contributed by atoms with E-state index >= 15 is 0 Å². The summed E-state index contributed by atoms with van der Waals surface area (Å²) in [6.07, 6.45) is 0. The third-order valence-corrected chi connectivity index (χ3v) is 6.82. The van der Waals surface area contributed by atoms with Crippen molar-refractivity contribution in [1.82, 2.24) is 19.3 Å². The highest BCUT2D eigenvalue weighted by molar-refractivity contribution is 9.10. The van der Waals surface area contributed by atoms with Crippen molar-refractivity contribution in [2.45, 2.75) is 25.3 Å². The molecule has 0 spiro atoms. The number of aryl methyl sites for hydroxylation is 2. The van der Waals surface area contributed by atoms with E-state index in [2.05, 4.69) is 31.0 Å². The van der Waals surface area contributed by atoms with Gasteiger partial charge in [-0.25, -0.2) is 8.42 Å². The molecule has 1 saturated heterocycles. The molecule has 0 N–H and O–H groups in total. The van der Waals surface area contributed by atoms with E-state index in [4.69, 9.17) is 4.52 Å². The fourth-order valence-electron chi connectivity index (χ4n) is 2.66. The molecule has 0 unspecified atom stereocenters. The lowest BCUT2D eigenvalue weighted by molar-refractivity contribution is 0.176. The normalized spacial score (nSPS) is 17.3. The van der Waals surface area contributed by atoms with Crippen LogP contribution in [0.5, 0.6) is 0 Å². The summed E-state index contributed by atoms with van der Waals surface area (Å²) in [5, 5.41) is 3.88. The molecule has 1 aromatic heterocycles. The quantitative estimate of drug-likeness (QED) is 0.760. The molecule has 0 aliphatic carbocycles. The summed E-state index contributed by atoms with van der Waals surface area (Å²) < 4.78 is 32.9. The minimum atomic E-state index is -3.46. The zero-order chi connectivity index (χ0) is 17.3. The van der Waals surface area contributed by atoms with Gasteiger partial charge >= 0.3 is 0 Å². The van der Waals surface area contributed by atoms with E-state index in [9.17, 15) is 8.42 Å². The lowest BCUT2D eigenvalue weighted by Gasteiger charge is -2.33. The summed E-state index contributed by atoms with van der Waals surface area (Å²) in [6, 6.07) is 5.12. The highest BCUT2D eigenvalue weighted by Gasteiger charge is 2.29. The van der Waals surface area contributed by atoms with Crippen LogP contribution in [0.4, 0.5) is 0 Å². The molecule has 7 nitrogen and oxygen atoms in total. The van der Waals surface area contributed by atoms with Crippen LogP contribution in [0.1, 0.15) is 17.3 Å². The topological polar surface area (TPSA) is 79.5 Å². The lowest BCUT2D eigenvalue weighted by Crippen LogP contribution is -2.48. The summed E-state index contributed by atoms with van der Waals surface area (Å²) in [5.41, 5.74) is 0.905. The number of sulfonamides is 1. The maximum Gasteiger partial charge on any atom is 0.243 e. The van der Waals surface area contributed by atoms with Crippen LogP contribution in [0, 0.1) is 13.8 Å². The predicted molar refractivity (Wildman–Crippen MR) is 91.9 cm³/mol. The molecule has 1 aromatic carbocycles. The molecule has 0 amide bonds. The van der Waals surface area contributed by atoms with Gasteiger partial charge in [0.05, 0.1) is 11.4 Å². The Morgan fingerprint density at radius 2 is 1.92 bits per heavy atom. The zero-order valence-electron chi connectivity index (χ0n) is 13.6. The van der Waals surface area contributed by atoms with E-state index in [1.807, 2.05) is 6.92 Å². The Labute approximate surface area is 149 Å². The van der Waals surface area contributed by atoms with Gasteiger partial charge in [-0.2, -0.15) is 9.29 Å². The number of rotatable bonds is 4. The van der Waals surface area contributed by atoms with Gasteiger partial charge in [-0.1, -0.05) is 21.1 Å². The summed E-state index contributed by atoms with van der Waals surface area (Å²) in [6.45, 7) is 6.39. The van der Waals surface area contributed by atoms with Gasteiger partial charge in [0.25, 0.3) is 0 Å². The first-order valence-electron chi connectivity index (χ1n) is 7.64. The molecule has 2 heterocycles. The summed E-state index contributed by atoms with van der Waals surface area (Å²) in [5.74, 6) is 1.17. The van der Waals surface area contributed by atoms with Crippen LogP contribution in [0.2, 0.25) is 0 Å². The predicted octanol–water partition coefficient (Wildman–Crippen LogP) is 1.96. The van der Waals surface area contributed by atoms with Crippen molar-refractivity contribution in [3.8, 4) is 0 Å². The molecule has 1 aliphatic rings. The van der Waals surface area contributed by atoms with Gasteiger partial charge in [0, 0.05) is 37.6 Å². The Kier molecular flexibility index (Phi) is 5.05. The molecule has 130 valence electrons. The summed E-state index contributed by atoms with van der Waals surface area (Å²) >= 11 is 3.40.